The van der Waals surface area contributed by atoms with Gasteiger partial charge in [-0.15, -0.1) is 0 Å². The van der Waals surface area contributed by atoms with Crippen LogP contribution in [0.15, 0.2) is 42.7 Å². The van der Waals surface area contributed by atoms with E-state index in [1.807, 2.05) is 25.2 Å². The van der Waals surface area contributed by atoms with Crippen molar-refractivity contribution in [3.8, 4) is 0 Å². The van der Waals surface area contributed by atoms with Gasteiger partial charge >= 0.3 is 6.03 Å². The molecule has 9 nitrogen and oxygen atoms in total. The van der Waals surface area contributed by atoms with Crippen molar-refractivity contribution in [1.82, 2.24) is 29.6 Å². The molecule has 1 aromatic carbocycles. The first-order valence-corrected chi connectivity index (χ1v) is 15.6. The van der Waals surface area contributed by atoms with Gasteiger partial charge in [0.2, 0.25) is 0 Å². The molecule has 4 aliphatic rings. The average molecular weight is 563 g/mol. The minimum atomic E-state index is -0.145. The Balaban J connectivity index is 1.15. The summed E-state index contributed by atoms with van der Waals surface area (Å²) in [6, 6.07) is 11.5. The molecule has 3 atom stereocenters. The molecule has 222 valence electrons. The van der Waals surface area contributed by atoms with E-state index in [1.165, 1.54) is 12.8 Å². The number of ether oxygens (including phenoxy) is 1. The molecule has 9 heteroatoms. The van der Waals surface area contributed by atoms with E-state index in [9.17, 15) is 9.59 Å². The number of carbonyl (C=O) groups excluding carboxylic acids is 2. The second kappa shape index (κ2) is 11.8. The molecule has 1 spiro atoms. The number of fused-ring (bicyclic) bond motifs is 2. The summed E-state index contributed by atoms with van der Waals surface area (Å²) in [5, 5.41) is 3.27. The van der Waals surface area contributed by atoms with Gasteiger partial charge in [-0.1, -0.05) is 30.3 Å². The van der Waals surface area contributed by atoms with E-state index in [0.717, 1.165) is 70.5 Å². The highest BCUT2D eigenvalue weighted by Crippen LogP contribution is 2.48. The molecular formula is C32H46N6O3. The van der Waals surface area contributed by atoms with Crippen molar-refractivity contribution in [2.75, 3.05) is 32.8 Å². The van der Waals surface area contributed by atoms with E-state index in [1.54, 1.807) is 17.0 Å². The Morgan fingerprint density at radius 2 is 1.80 bits per heavy atom. The van der Waals surface area contributed by atoms with Crippen molar-refractivity contribution < 1.29 is 14.3 Å². The minimum Gasteiger partial charge on any atom is -0.381 e. The third-order valence-corrected chi connectivity index (χ3v) is 10.0. The van der Waals surface area contributed by atoms with Gasteiger partial charge in [-0.25, -0.2) is 9.78 Å². The molecule has 0 radical (unpaired) electrons. The number of aromatic nitrogens is 2. The van der Waals surface area contributed by atoms with Gasteiger partial charge in [0, 0.05) is 70.4 Å². The van der Waals surface area contributed by atoms with Crippen LogP contribution < -0.4 is 5.32 Å². The van der Waals surface area contributed by atoms with Crippen LogP contribution in [-0.4, -0.2) is 92.7 Å². The maximum absolute atomic E-state index is 13.8. The van der Waals surface area contributed by atoms with Crippen LogP contribution >= 0.6 is 0 Å². The maximum Gasteiger partial charge on any atom is 0.320 e. The lowest BCUT2D eigenvalue weighted by Crippen LogP contribution is -2.60. The van der Waals surface area contributed by atoms with Gasteiger partial charge in [0.05, 0.1) is 11.6 Å². The first-order valence-electron chi connectivity index (χ1n) is 15.6. The van der Waals surface area contributed by atoms with Crippen molar-refractivity contribution in [1.29, 1.82) is 0 Å². The van der Waals surface area contributed by atoms with Crippen molar-refractivity contribution in [2.24, 2.45) is 13.0 Å². The van der Waals surface area contributed by atoms with Crippen LogP contribution in [0.5, 0.6) is 0 Å². The first-order chi connectivity index (χ1) is 19.8. The standard InChI is InChI=1S/C32H46N6O3/c1-23(2)38-31(40)36(21-24-12-17-41-18-13-24)22-32(38)19-26-9-10-27(20-32)37(26)15-11-28(25-7-5-4-6-8-25)34-30(39)29-33-14-16-35(29)3/h4-8,14,16,23-24,26-28H,9-13,15,17-22H2,1-3H3,(H,34,39). The average Bonchev–Trinajstić information content (AvgIpc) is 3.59. The summed E-state index contributed by atoms with van der Waals surface area (Å²) in [6.45, 7) is 8.64. The molecule has 0 saturated carbocycles. The van der Waals surface area contributed by atoms with Crippen LogP contribution in [0.3, 0.4) is 0 Å². The minimum absolute atomic E-state index is 0.0794. The van der Waals surface area contributed by atoms with E-state index in [0.29, 0.717) is 23.8 Å². The Morgan fingerprint density at radius 1 is 1.10 bits per heavy atom. The van der Waals surface area contributed by atoms with Gasteiger partial charge < -0.3 is 24.4 Å². The lowest BCUT2D eigenvalue weighted by Gasteiger charge is -2.49. The van der Waals surface area contributed by atoms with Gasteiger partial charge in [-0.3, -0.25) is 9.69 Å². The lowest BCUT2D eigenvalue weighted by atomic mass is 9.81. The highest BCUT2D eigenvalue weighted by molar-refractivity contribution is 5.91. The topological polar surface area (TPSA) is 82.9 Å². The number of benzene rings is 1. The second-order valence-electron chi connectivity index (χ2n) is 13.0. The molecule has 4 aliphatic heterocycles. The fourth-order valence-corrected chi connectivity index (χ4v) is 8.20. The normalized spacial score (nSPS) is 27.8. The zero-order valence-corrected chi connectivity index (χ0v) is 24.9. The summed E-state index contributed by atoms with van der Waals surface area (Å²) < 4.78 is 7.34. The number of nitrogens with one attached hydrogen (secondary N) is 1. The van der Waals surface area contributed by atoms with Crippen molar-refractivity contribution in [3.63, 3.8) is 0 Å². The molecule has 4 fully saturated rings. The predicted molar refractivity (Wildman–Crippen MR) is 157 cm³/mol. The fraction of sp³-hybridized carbons (Fsp3) is 0.656. The third kappa shape index (κ3) is 5.63. The van der Waals surface area contributed by atoms with Crippen molar-refractivity contribution in [3.05, 3.63) is 54.1 Å². The highest BCUT2D eigenvalue weighted by Gasteiger charge is 2.57. The molecule has 1 N–H and O–H groups in total. The van der Waals surface area contributed by atoms with Crippen molar-refractivity contribution in [2.45, 2.75) is 88.5 Å². The van der Waals surface area contributed by atoms with Crippen LogP contribution in [0, 0.1) is 5.92 Å². The SMILES string of the molecule is CC(C)N1C(=O)N(CC2CCOCC2)CC12CC1CCC(C2)N1CCC(NC(=O)c1nccn1C)c1ccccc1. The largest absolute Gasteiger partial charge is 0.381 e. The summed E-state index contributed by atoms with van der Waals surface area (Å²) >= 11 is 0. The Kier molecular flexibility index (Phi) is 8.10. The zero-order valence-electron chi connectivity index (χ0n) is 24.9. The smallest absolute Gasteiger partial charge is 0.320 e. The van der Waals surface area contributed by atoms with Crippen LogP contribution in [0.25, 0.3) is 0 Å². The molecule has 0 aliphatic carbocycles. The van der Waals surface area contributed by atoms with E-state index in [-0.39, 0.29) is 29.6 Å². The Labute approximate surface area is 244 Å². The number of aryl methyl sites for hydroxylation is 1. The van der Waals surface area contributed by atoms with Crippen LogP contribution in [-0.2, 0) is 11.8 Å². The monoisotopic (exact) mass is 562 g/mol. The van der Waals surface area contributed by atoms with E-state index in [2.05, 4.69) is 51.0 Å². The number of hydrogen-bond donors (Lipinski definition) is 1. The van der Waals surface area contributed by atoms with Gasteiger partial charge in [-0.05, 0) is 70.3 Å². The Morgan fingerprint density at radius 3 is 2.44 bits per heavy atom. The second-order valence-corrected chi connectivity index (χ2v) is 13.0. The number of imidazole rings is 1. The molecule has 6 rings (SSSR count). The Bertz CT molecular complexity index is 1200. The lowest BCUT2D eigenvalue weighted by molar-refractivity contribution is 0.0145. The summed E-state index contributed by atoms with van der Waals surface area (Å²) in [4.78, 5) is 38.2. The number of urea groups is 1. The molecule has 41 heavy (non-hydrogen) atoms. The zero-order chi connectivity index (χ0) is 28.6. The number of nitrogens with zero attached hydrogens (tertiary/aromatic N) is 5. The van der Waals surface area contributed by atoms with Gasteiger partial charge in [0.15, 0.2) is 5.82 Å². The Hall–Kier alpha value is -2.91. The number of amides is 3. The van der Waals surface area contributed by atoms with Crippen LogP contribution in [0.2, 0.25) is 0 Å². The molecule has 3 unspecified atom stereocenters. The molecule has 4 saturated heterocycles. The van der Waals surface area contributed by atoms with Crippen LogP contribution in [0.1, 0.15) is 81.0 Å². The fourth-order valence-electron chi connectivity index (χ4n) is 8.20. The van der Waals surface area contributed by atoms with E-state index >= 15 is 0 Å². The molecule has 1 aromatic heterocycles. The first kappa shape index (κ1) is 28.2. The molecule has 5 heterocycles. The third-order valence-electron chi connectivity index (χ3n) is 10.0. The number of carbonyl (C=O) groups is 2. The predicted octanol–water partition coefficient (Wildman–Crippen LogP) is 4.22. The molecule has 3 amide bonds. The summed E-state index contributed by atoms with van der Waals surface area (Å²) in [5.41, 5.74) is 1.04. The summed E-state index contributed by atoms with van der Waals surface area (Å²) in [5.74, 6) is 0.828. The molecular weight excluding hydrogens is 516 g/mol. The van der Waals surface area contributed by atoms with Gasteiger partial charge in [0.1, 0.15) is 0 Å². The number of piperidine rings is 1. The summed E-state index contributed by atoms with van der Waals surface area (Å²) in [6.07, 6.45) is 10.8. The van der Waals surface area contributed by atoms with E-state index < -0.39 is 0 Å². The maximum atomic E-state index is 13.8. The van der Waals surface area contributed by atoms with E-state index in [4.69, 9.17) is 4.74 Å². The highest BCUT2D eigenvalue weighted by atomic mass is 16.5. The number of rotatable bonds is 9. The number of hydrogen-bond acceptors (Lipinski definition) is 5. The molecule has 2 bridgehead atoms. The van der Waals surface area contributed by atoms with Crippen LogP contribution in [0.4, 0.5) is 4.79 Å². The summed E-state index contributed by atoms with van der Waals surface area (Å²) in [7, 11) is 1.85. The molecule has 2 aromatic rings. The van der Waals surface area contributed by atoms with Gasteiger partial charge in [-0.2, -0.15) is 0 Å². The van der Waals surface area contributed by atoms with Crippen molar-refractivity contribution >= 4 is 11.9 Å². The van der Waals surface area contributed by atoms with Gasteiger partial charge in [0.25, 0.3) is 5.91 Å². The quantitative estimate of drug-likeness (QED) is 0.495.